The zero-order chi connectivity index (χ0) is 15.1. The number of benzene rings is 1. The molecule has 0 aromatic heterocycles. The summed E-state index contributed by atoms with van der Waals surface area (Å²) >= 11 is 0. The third-order valence-electron chi connectivity index (χ3n) is 3.95. The summed E-state index contributed by atoms with van der Waals surface area (Å²) in [6, 6.07) is 6.66. The normalized spacial score (nSPS) is 19.7. The van der Waals surface area contributed by atoms with Gasteiger partial charge in [-0.1, -0.05) is 6.07 Å². The van der Waals surface area contributed by atoms with Gasteiger partial charge in [-0.3, -0.25) is 0 Å². The third-order valence-corrected chi connectivity index (χ3v) is 3.95. The molecule has 4 heteroatoms. The van der Waals surface area contributed by atoms with Gasteiger partial charge in [-0.2, -0.15) is 0 Å². The largest absolute Gasteiger partial charge is 0.494 e. The third kappa shape index (κ3) is 4.70. The van der Waals surface area contributed by atoms with E-state index in [1.807, 2.05) is 20.0 Å². The van der Waals surface area contributed by atoms with Gasteiger partial charge in [0.2, 0.25) is 0 Å². The Hall–Kier alpha value is -1.10. The van der Waals surface area contributed by atoms with Crippen LogP contribution in [0.25, 0.3) is 0 Å². The molecule has 1 N–H and O–H groups in total. The lowest BCUT2D eigenvalue weighted by Gasteiger charge is -2.16. The average molecular weight is 293 g/mol. The predicted octanol–water partition coefficient (Wildman–Crippen LogP) is 2.92. The molecule has 0 aliphatic carbocycles. The molecule has 1 aliphatic rings. The first kappa shape index (κ1) is 16.3. The number of ether oxygens (including phenoxy) is 3. The van der Waals surface area contributed by atoms with Crippen LogP contribution in [0.1, 0.15) is 37.4 Å². The molecule has 118 valence electrons. The Morgan fingerprint density at radius 1 is 1.43 bits per heavy atom. The maximum atomic E-state index is 5.88. The highest BCUT2D eigenvalue weighted by molar-refractivity contribution is 5.38. The highest BCUT2D eigenvalue weighted by atomic mass is 16.5. The molecule has 2 unspecified atom stereocenters. The minimum absolute atomic E-state index is 0.322. The molecule has 2 rings (SSSR count). The Kier molecular flexibility index (Phi) is 6.49. The lowest BCUT2D eigenvalue weighted by Crippen LogP contribution is -2.13. The number of nitrogens with one attached hydrogen (secondary N) is 1. The summed E-state index contributed by atoms with van der Waals surface area (Å²) in [4.78, 5) is 0. The van der Waals surface area contributed by atoms with Crippen LogP contribution in [0.3, 0.4) is 0 Å². The fraction of sp³-hybridized carbons (Fsp3) is 0.647. The molecule has 1 heterocycles. The predicted molar refractivity (Wildman–Crippen MR) is 83.7 cm³/mol. The summed E-state index contributed by atoms with van der Waals surface area (Å²) in [6.45, 7) is 7.88. The van der Waals surface area contributed by atoms with Crippen molar-refractivity contribution in [2.45, 2.75) is 32.9 Å². The zero-order valence-electron chi connectivity index (χ0n) is 13.4. The summed E-state index contributed by atoms with van der Waals surface area (Å²) in [7, 11) is 1.97. The first-order valence-electron chi connectivity index (χ1n) is 7.83. The second-order valence-electron chi connectivity index (χ2n) is 5.56. The Bertz CT molecular complexity index is 430. The molecule has 1 aromatic carbocycles. The van der Waals surface area contributed by atoms with E-state index in [1.165, 1.54) is 5.56 Å². The fourth-order valence-electron chi connectivity index (χ4n) is 2.49. The molecule has 0 saturated carbocycles. The highest BCUT2D eigenvalue weighted by Crippen LogP contribution is 2.25. The van der Waals surface area contributed by atoms with Crippen LogP contribution >= 0.6 is 0 Å². The highest BCUT2D eigenvalue weighted by Gasteiger charge is 2.16. The van der Waals surface area contributed by atoms with E-state index in [4.69, 9.17) is 14.2 Å². The maximum Gasteiger partial charge on any atom is 0.124 e. The van der Waals surface area contributed by atoms with Crippen molar-refractivity contribution >= 4 is 0 Å². The molecule has 0 spiro atoms. The van der Waals surface area contributed by atoms with Crippen molar-refractivity contribution in [2.75, 3.05) is 33.5 Å². The molecule has 1 aromatic rings. The van der Waals surface area contributed by atoms with Crippen molar-refractivity contribution < 1.29 is 14.2 Å². The molecule has 0 amide bonds. The monoisotopic (exact) mass is 293 g/mol. The van der Waals surface area contributed by atoms with Crippen LogP contribution < -0.4 is 10.1 Å². The van der Waals surface area contributed by atoms with Crippen LogP contribution in [-0.2, 0) is 16.1 Å². The second kappa shape index (κ2) is 8.37. The molecule has 0 bridgehead atoms. The van der Waals surface area contributed by atoms with Gasteiger partial charge in [0.05, 0.1) is 26.4 Å². The van der Waals surface area contributed by atoms with Crippen molar-refractivity contribution in [3.8, 4) is 5.75 Å². The van der Waals surface area contributed by atoms with Crippen LogP contribution in [0, 0.1) is 5.92 Å². The molecule has 2 atom stereocenters. The Balaban J connectivity index is 1.99. The Labute approximate surface area is 127 Å². The Morgan fingerprint density at radius 2 is 2.29 bits per heavy atom. The van der Waals surface area contributed by atoms with E-state index in [2.05, 4.69) is 24.4 Å². The maximum absolute atomic E-state index is 5.88. The van der Waals surface area contributed by atoms with Gasteiger partial charge < -0.3 is 19.5 Å². The van der Waals surface area contributed by atoms with Gasteiger partial charge >= 0.3 is 0 Å². The molecule has 0 radical (unpaired) electrons. The van der Waals surface area contributed by atoms with Crippen LogP contribution in [-0.4, -0.2) is 33.5 Å². The van der Waals surface area contributed by atoms with Crippen molar-refractivity contribution in [3.05, 3.63) is 29.3 Å². The minimum Gasteiger partial charge on any atom is -0.494 e. The van der Waals surface area contributed by atoms with Crippen LogP contribution in [0.2, 0.25) is 0 Å². The van der Waals surface area contributed by atoms with E-state index in [9.17, 15) is 0 Å². The lowest BCUT2D eigenvalue weighted by atomic mass is 10.0. The summed E-state index contributed by atoms with van der Waals surface area (Å²) < 4.78 is 17.0. The van der Waals surface area contributed by atoms with Crippen LogP contribution in [0.15, 0.2) is 18.2 Å². The van der Waals surface area contributed by atoms with E-state index in [-0.39, 0.29) is 0 Å². The number of hydrogen-bond acceptors (Lipinski definition) is 4. The van der Waals surface area contributed by atoms with Gasteiger partial charge in [0, 0.05) is 24.1 Å². The number of rotatable bonds is 8. The SMILES string of the molecule is CCOc1ccc(C(C)NC)cc1COCC1CCOC1. The van der Waals surface area contributed by atoms with Gasteiger partial charge in [-0.05, 0) is 45.0 Å². The topological polar surface area (TPSA) is 39.7 Å². The standard InChI is InChI=1S/C17H27NO3/c1-4-21-17-6-5-15(13(2)18-3)9-16(17)12-20-11-14-7-8-19-10-14/h5-6,9,13-14,18H,4,7-8,10-12H2,1-3H3. The smallest absolute Gasteiger partial charge is 0.124 e. The molecule has 1 fully saturated rings. The molecule has 1 aliphatic heterocycles. The number of hydrogen-bond donors (Lipinski definition) is 1. The quantitative estimate of drug-likeness (QED) is 0.800. The molecular formula is C17H27NO3. The molecule has 21 heavy (non-hydrogen) atoms. The summed E-state index contributed by atoms with van der Waals surface area (Å²) in [6.07, 6.45) is 1.11. The van der Waals surface area contributed by atoms with E-state index in [1.54, 1.807) is 0 Å². The molecule has 1 saturated heterocycles. The second-order valence-corrected chi connectivity index (χ2v) is 5.56. The van der Waals surface area contributed by atoms with Gasteiger partial charge in [0.1, 0.15) is 5.75 Å². The first-order valence-corrected chi connectivity index (χ1v) is 7.83. The minimum atomic E-state index is 0.322. The van der Waals surface area contributed by atoms with E-state index >= 15 is 0 Å². The summed E-state index contributed by atoms with van der Waals surface area (Å²) in [5.74, 6) is 1.46. The first-order chi connectivity index (χ1) is 10.2. The van der Waals surface area contributed by atoms with E-state index in [0.29, 0.717) is 25.2 Å². The average Bonchev–Trinajstić information content (AvgIpc) is 3.01. The van der Waals surface area contributed by atoms with Gasteiger partial charge in [-0.15, -0.1) is 0 Å². The molecular weight excluding hydrogens is 266 g/mol. The van der Waals surface area contributed by atoms with Crippen molar-refractivity contribution in [2.24, 2.45) is 5.92 Å². The van der Waals surface area contributed by atoms with Crippen LogP contribution in [0.5, 0.6) is 5.75 Å². The Morgan fingerprint density at radius 3 is 2.95 bits per heavy atom. The van der Waals surface area contributed by atoms with Crippen molar-refractivity contribution in [3.63, 3.8) is 0 Å². The summed E-state index contributed by atoms with van der Waals surface area (Å²) in [5, 5.41) is 3.26. The molecule has 4 nitrogen and oxygen atoms in total. The lowest BCUT2D eigenvalue weighted by molar-refractivity contribution is 0.0776. The summed E-state index contributed by atoms with van der Waals surface area (Å²) in [5.41, 5.74) is 2.37. The van der Waals surface area contributed by atoms with E-state index in [0.717, 1.165) is 37.6 Å². The van der Waals surface area contributed by atoms with Gasteiger partial charge in [0.25, 0.3) is 0 Å². The van der Waals surface area contributed by atoms with Gasteiger partial charge in [-0.25, -0.2) is 0 Å². The van der Waals surface area contributed by atoms with E-state index < -0.39 is 0 Å². The van der Waals surface area contributed by atoms with Gasteiger partial charge in [0.15, 0.2) is 0 Å². The fourth-order valence-corrected chi connectivity index (χ4v) is 2.49. The zero-order valence-corrected chi connectivity index (χ0v) is 13.4. The van der Waals surface area contributed by atoms with Crippen LogP contribution in [0.4, 0.5) is 0 Å². The van der Waals surface area contributed by atoms with Crippen molar-refractivity contribution in [1.82, 2.24) is 5.32 Å². The van der Waals surface area contributed by atoms with Crippen molar-refractivity contribution in [1.29, 1.82) is 0 Å².